The monoisotopic (exact) mass is 577 g/mol. The lowest BCUT2D eigenvalue weighted by Crippen LogP contribution is -2.17. The molecule has 0 radical (unpaired) electrons. The maximum absolute atomic E-state index is 12.9. The first kappa shape index (κ1) is 26.4. The number of hydrogen-bond acceptors (Lipinski definition) is 7. The minimum Gasteiger partial charge on any atom is -0.322 e. The quantitative estimate of drug-likeness (QED) is 0.276. The fraction of sp³-hybridized carbons (Fsp3) is 0. The predicted octanol–water partition coefficient (Wildman–Crippen LogP) is 4.64. The Hall–Kier alpha value is -3.71. The van der Waals surface area contributed by atoms with Crippen LogP contribution in [-0.2, 0) is 20.0 Å². The van der Waals surface area contributed by atoms with Gasteiger partial charge in [-0.2, -0.15) is 0 Å². The summed E-state index contributed by atoms with van der Waals surface area (Å²) < 4.78 is 55.5. The number of halogens is 2. The van der Waals surface area contributed by atoms with Gasteiger partial charge in [0.2, 0.25) is 0 Å². The van der Waals surface area contributed by atoms with E-state index in [9.17, 15) is 21.6 Å². The van der Waals surface area contributed by atoms with Crippen molar-refractivity contribution in [2.45, 2.75) is 9.79 Å². The van der Waals surface area contributed by atoms with E-state index in [1.165, 1.54) is 79.3 Å². The van der Waals surface area contributed by atoms with Gasteiger partial charge in [-0.1, -0.05) is 23.2 Å². The molecule has 0 aliphatic rings. The smallest absolute Gasteiger partial charge is 0.263 e. The van der Waals surface area contributed by atoms with E-state index in [1.54, 1.807) is 0 Å². The van der Waals surface area contributed by atoms with Crippen LogP contribution in [0.2, 0.25) is 10.0 Å². The SMILES string of the molecule is O=C(Nc1ccc(S(=O)(=O)Nc2ccncn2)cc1)c1ccc(Cl)c(S(=O)(=O)Nc2ccc(Cl)cc2)c1. The van der Waals surface area contributed by atoms with Gasteiger partial charge in [-0.3, -0.25) is 14.2 Å². The summed E-state index contributed by atoms with van der Waals surface area (Å²) in [5.41, 5.74) is 0.562. The van der Waals surface area contributed by atoms with E-state index in [-0.39, 0.29) is 37.6 Å². The Morgan fingerprint density at radius 3 is 2.08 bits per heavy atom. The Bertz CT molecular complexity index is 1650. The highest BCUT2D eigenvalue weighted by Crippen LogP contribution is 2.26. The molecule has 0 saturated heterocycles. The summed E-state index contributed by atoms with van der Waals surface area (Å²) in [5.74, 6) is -0.527. The number of nitrogens with zero attached hydrogens (tertiary/aromatic N) is 2. The molecule has 0 atom stereocenters. The predicted molar refractivity (Wildman–Crippen MR) is 141 cm³/mol. The number of sulfonamides is 2. The van der Waals surface area contributed by atoms with Crippen molar-refractivity contribution in [3.05, 3.63) is 101 Å². The number of rotatable bonds is 8. The third kappa shape index (κ3) is 6.54. The maximum Gasteiger partial charge on any atom is 0.263 e. The molecule has 4 rings (SSSR count). The molecule has 1 aromatic heterocycles. The molecular formula is C23H17Cl2N5O5S2. The number of amides is 1. The molecule has 0 bridgehead atoms. The van der Waals surface area contributed by atoms with Crippen LogP contribution in [-0.4, -0.2) is 32.7 Å². The Morgan fingerprint density at radius 2 is 1.43 bits per heavy atom. The molecule has 37 heavy (non-hydrogen) atoms. The summed E-state index contributed by atoms with van der Waals surface area (Å²) in [6.45, 7) is 0. The lowest BCUT2D eigenvalue weighted by molar-refractivity contribution is 0.102. The van der Waals surface area contributed by atoms with Crippen LogP contribution in [0.5, 0.6) is 0 Å². The second-order valence-electron chi connectivity index (χ2n) is 7.44. The van der Waals surface area contributed by atoms with E-state index < -0.39 is 26.0 Å². The van der Waals surface area contributed by atoms with Gasteiger partial charge in [-0.15, -0.1) is 0 Å². The van der Waals surface area contributed by atoms with Crippen molar-refractivity contribution in [3.8, 4) is 0 Å². The van der Waals surface area contributed by atoms with Crippen LogP contribution in [0.4, 0.5) is 17.2 Å². The largest absolute Gasteiger partial charge is 0.322 e. The van der Waals surface area contributed by atoms with Gasteiger partial charge in [0.25, 0.3) is 26.0 Å². The Balaban J connectivity index is 1.49. The molecule has 1 heterocycles. The van der Waals surface area contributed by atoms with E-state index in [0.717, 1.165) is 6.07 Å². The van der Waals surface area contributed by atoms with Crippen molar-refractivity contribution in [2.75, 3.05) is 14.8 Å². The standard InChI is InChI=1S/C23H17Cl2N5O5S2/c24-16-2-4-18(5-3-16)29-37(34,35)21-13-15(1-10-20(21)25)23(31)28-17-6-8-19(9-7-17)36(32,33)30-22-11-12-26-14-27-22/h1-14,29H,(H,28,31)(H,26,27,30). The zero-order valence-electron chi connectivity index (χ0n) is 18.6. The molecule has 0 saturated carbocycles. The molecule has 3 aromatic carbocycles. The van der Waals surface area contributed by atoms with Crippen molar-refractivity contribution < 1.29 is 21.6 Å². The van der Waals surface area contributed by atoms with E-state index in [2.05, 4.69) is 24.7 Å². The summed E-state index contributed by atoms with van der Waals surface area (Å²) in [5, 5.41) is 2.95. The van der Waals surface area contributed by atoms with Crippen LogP contribution in [0.3, 0.4) is 0 Å². The highest BCUT2D eigenvalue weighted by molar-refractivity contribution is 7.93. The van der Waals surface area contributed by atoms with Gasteiger partial charge in [0.15, 0.2) is 0 Å². The Labute approximate surface area is 222 Å². The topological polar surface area (TPSA) is 147 Å². The average Bonchev–Trinajstić information content (AvgIpc) is 2.86. The van der Waals surface area contributed by atoms with Gasteiger partial charge in [-0.05, 0) is 72.8 Å². The first-order valence-corrected chi connectivity index (χ1v) is 14.0. The van der Waals surface area contributed by atoms with Gasteiger partial charge in [0.05, 0.1) is 9.92 Å². The molecule has 10 nitrogen and oxygen atoms in total. The first-order valence-electron chi connectivity index (χ1n) is 10.3. The van der Waals surface area contributed by atoms with Crippen LogP contribution in [0.15, 0.2) is 95.1 Å². The highest BCUT2D eigenvalue weighted by Gasteiger charge is 2.21. The van der Waals surface area contributed by atoms with Crippen LogP contribution in [0, 0.1) is 0 Å². The zero-order chi connectivity index (χ0) is 26.6. The van der Waals surface area contributed by atoms with E-state index in [0.29, 0.717) is 5.02 Å². The molecule has 0 unspecified atom stereocenters. The zero-order valence-corrected chi connectivity index (χ0v) is 21.7. The van der Waals surface area contributed by atoms with E-state index in [1.807, 2.05) is 0 Å². The molecule has 0 fully saturated rings. The second kappa shape index (κ2) is 10.7. The molecule has 190 valence electrons. The molecule has 0 aliphatic carbocycles. The molecule has 4 aromatic rings. The summed E-state index contributed by atoms with van der Waals surface area (Å²) in [6, 6.07) is 16.6. The van der Waals surface area contributed by atoms with Crippen molar-refractivity contribution in [3.63, 3.8) is 0 Å². The lowest BCUT2D eigenvalue weighted by atomic mass is 10.2. The Morgan fingerprint density at radius 1 is 0.757 bits per heavy atom. The summed E-state index contributed by atoms with van der Waals surface area (Å²) in [4.78, 5) is 20.0. The first-order chi connectivity index (χ1) is 17.5. The normalized spacial score (nSPS) is 11.5. The molecule has 0 aliphatic heterocycles. The number of anilines is 3. The van der Waals surface area contributed by atoms with Crippen LogP contribution >= 0.6 is 23.2 Å². The minimum atomic E-state index is -4.12. The number of carbonyl (C=O) groups excluding carboxylic acids is 1. The number of benzene rings is 3. The summed E-state index contributed by atoms with van der Waals surface area (Å²) in [7, 11) is -8.04. The van der Waals surface area contributed by atoms with E-state index >= 15 is 0 Å². The summed E-state index contributed by atoms with van der Waals surface area (Å²) >= 11 is 11.9. The van der Waals surface area contributed by atoms with Gasteiger partial charge < -0.3 is 5.32 Å². The minimum absolute atomic E-state index is 0.0167. The fourth-order valence-electron chi connectivity index (χ4n) is 3.05. The van der Waals surface area contributed by atoms with Crippen molar-refractivity contribution >= 4 is 66.3 Å². The van der Waals surface area contributed by atoms with Crippen LogP contribution in [0.25, 0.3) is 0 Å². The average molecular weight is 578 g/mol. The Kier molecular flexibility index (Phi) is 7.64. The number of nitrogens with one attached hydrogen (secondary N) is 3. The molecule has 0 spiro atoms. The van der Waals surface area contributed by atoms with Crippen molar-refractivity contribution in [1.82, 2.24) is 9.97 Å². The lowest BCUT2D eigenvalue weighted by Gasteiger charge is -2.12. The van der Waals surface area contributed by atoms with Gasteiger partial charge in [0.1, 0.15) is 17.0 Å². The number of carbonyl (C=O) groups is 1. The summed E-state index contributed by atoms with van der Waals surface area (Å²) in [6.07, 6.45) is 2.60. The fourth-order valence-corrected chi connectivity index (χ4v) is 5.77. The molecule has 3 N–H and O–H groups in total. The molecule has 14 heteroatoms. The van der Waals surface area contributed by atoms with Gasteiger partial charge >= 0.3 is 0 Å². The van der Waals surface area contributed by atoms with Crippen LogP contribution < -0.4 is 14.8 Å². The van der Waals surface area contributed by atoms with Crippen LogP contribution in [0.1, 0.15) is 10.4 Å². The third-order valence-electron chi connectivity index (χ3n) is 4.82. The second-order valence-corrected chi connectivity index (χ2v) is 11.6. The number of hydrogen-bond donors (Lipinski definition) is 3. The van der Waals surface area contributed by atoms with Crippen molar-refractivity contribution in [2.24, 2.45) is 0 Å². The maximum atomic E-state index is 12.9. The highest BCUT2D eigenvalue weighted by atomic mass is 35.5. The molecular weight excluding hydrogens is 561 g/mol. The third-order valence-corrected chi connectivity index (χ3v) is 8.31. The van der Waals surface area contributed by atoms with Gasteiger partial charge in [0, 0.05) is 28.2 Å². The number of aromatic nitrogens is 2. The van der Waals surface area contributed by atoms with Gasteiger partial charge in [-0.25, -0.2) is 26.8 Å². The van der Waals surface area contributed by atoms with E-state index in [4.69, 9.17) is 23.2 Å². The molecule has 1 amide bonds. The van der Waals surface area contributed by atoms with Crippen molar-refractivity contribution in [1.29, 1.82) is 0 Å².